The average Bonchev–Trinajstić information content (AvgIpc) is 3.26. The Kier molecular flexibility index (Phi) is 6.00. The first-order chi connectivity index (χ1) is 13.9. The van der Waals surface area contributed by atoms with Gasteiger partial charge in [0.15, 0.2) is 0 Å². The summed E-state index contributed by atoms with van der Waals surface area (Å²) in [5.41, 5.74) is 0.754. The number of hydrogen-bond donors (Lipinski definition) is 0. The van der Waals surface area contributed by atoms with Gasteiger partial charge in [0.25, 0.3) is 0 Å². The predicted octanol–water partition coefficient (Wildman–Crippen LogP) is 1.97. The summed E-state index contributed by atoms with van der Waals surface area (Å²) in [5, 5.41) is 0. The van der Waals surface area contributed by atoms with Crippen molar-refractivity contribution in [2.75, 3.05) is 45.5 Å². The van der Waals surface area contributed by atoms with E-state index in [4.69, 9.17) is 0 Å². The second-order valence-electron chi connectivity index (χ2n) is 8.91. The number of likely N-dealkylation sites (tertiary alicyclic amines) is 2. The van der Waals surface area contributed by atoms with Gasteiger partial charge in [-0.2, -0.15) is 0 Å². The van der Waals surface area contributed by atoms with E-state index in [0.29, 0.717) is 13.0 Å². The highest BCUT2D eigenvalue weighted by molar-refractivity contribution is 7.89. The highest BCUT2D eigenvalue weighted by atomic mass is 32.2. The number of piperidine rings is 1. The quantitative estimate of drug-likeness (QED) is 0.732. The van der Waals surface area contributed by atoms with E-state index in [-0.39, 0.29) is 17.7 Å². The first-order valence-corrected chi connectivity index (χ1v) is 12.5. The molecule has 1 aromatic rings. The molecule has 0 unspecified atom stereocenters. The summed E-state index contributed by atoms with van der Waals surface area (Å²) in [6, 6.07) is 10.3. The lowest BCUT2D eigenvalue weighted by Gasteiger charge is -2.53. The van der Waals surface area contributed by atoms with Gasteiger partial charge >= 0.3 is 0 Å². The molecule has 1 amide bonds. The Morgan fingerprint density at radius 1 is 1.14 bits per heavy atom. The molecule has 3 heterocycles. The van der Waals surface area contributed by atoms with E-state index in [1.54, 1.807) is 7.05 Å². The second kappa shape index (κ2) is 8.36. The molecule has 0 radical (unpaired) electrons. The normalized spacial score (nSPS) is 30.2. The minimum absolute atomic E-state index is 0.0808. The van der Waals surface area contributed by atoms with Gasteiger partial charge in [0.05, 0.1) is 11.2 Å². The maximum absolute atomic E-state index is 13.6. The molecular formula is C22H33N3O3S. The van der Waals surface area contributed by atoms with Gasteiger partial charge in [-0.3, -0.25) is 4.79 Å². The second-order valence-corrected chi connectivity index (χ2v) is 11.1. The zero-order valence-corrected chi connectivity index (χ0v) is 18.2. The molecule has 3 aliphatic rings. The van der Waals surface area contributed by atoms with Crippen LogP contribution in [0.4, 0.5) is 0 Å². The summed E-state index contributed by atoms with van der Waals surface area (Å²) >= 11 is 0. The number of carbonyl (C=O) groups excluding carboxylic acids is 1. The van der Waals surface area contributed by atoms with Gasteiger partial charge in [-0.25, -0.2) is 12.7 Å². The van der Waals surface area contributed by atoms with Crippen molar-refractivity contribution in [1.82, 2.24) is 14.1 Å². The first kappa shape index (κ1) is 20.8. The van der Waals surface area contributed by atoms with Gasteiger partial charge in [0.2, 0.25) is 15.9 Å². The molecular weight excluding hydrogens is 386 g/mol. The molecule has 0 spiro atoms. The summed E-state index contributed by atoms with van der Waals surface area (Å²) < 4.78 is 26.6. The maximum atomic E-state index is 13.6. The first-order valence-electron chi connectivity index (χ1n) is 10.9. The van der Waals surface area contributed by atoms with Crippen molar-refractivity contribution in [1.29, 1.82) is 0 Å². The summed E-state index contributed by atoms with van der Waals surface area (Å²) in [6.07, 6.45) is 5.39. The Bertz CT molecular complexity index is 823. The van der Waals surface area contributed by atoms with E-state index >= 15 is 0 Å². The Morgan fingerprint density at radius 3 is 2.59 bits per heavy atom. The maximum Gasteiger partial charge on any atom is 0.231 e. The molecule has 6 nitrogen and oxygen atoms in total. The van der Waals surface area contributed by atoms with Gasteiger partial charge in [-0.05, 0) is 57.2 Å². The summed E-state index contributed by atoms with van der Waals surface area (Å²) in [4.78, 5) is 18.0. The third-order valence-electron chi connectivity index (χ3n) is 7.15. The van der Waals surface area contributed by atoms with E-state index < -0.39 is 15.4 Å². The van der Waals surface area contributed by atoms with Crippen LogP contribution in [-0.4, -0.2) is 80.0 Å². The van der Waals surface area contributed by atoms with Crippen LogP contribution in [0.15, 0.2) is 30.3 Å². The molecule has 0 bridgehead atoms. The molecule has 160 valence electrons. The van der Waals surface area contributed by atoms with Gasteiger partial charge in [0.1, 0.15) is 0 Å². The van der Waals surface area contributed by atoms with Crippen LogP contribution in [0, 0.1) is 5.41 Å². The smallest absolute Gasteiger partial charge is 0.231 e. The number of aryl methyl sites for hydroxylation is 1. The van der Waals surface area contributed by atoms with E-state index in [0.717, 1.165) is 58.3 Å². The minimum Gasteiger partial charge on any atom is -0.342 e. The van der Waals surface area contributed by atoms with Crippen LogP contribution >= 0.6 is 0 Å². The van der Waals surface area contributed by atoms with Crippen LogP contribution in [0.3, 0.4) is 0 Å². The van der Waals surface area contributed by atoms with Crippen molar-refractivity contribution in [3.63, 3.8) is 0 Å². The molecule has 0 N–H and O–H groups in total. The fraction of sp³-hybridized carbons (Fsp3) is 0.682. The molecule has 2 atom stereocenters. The Balaban J connectivity index is 1.49. The number of amides is 1. The van der Waals surface area contributed by atoms with Gasteiger partial charge in [-0.15, -0.1) is 0 Å². The van der Waals surface area contributed by atoms with Crippen LogP contribution < -0.4 is 0 Å². The number of nitrogens with zero attached hydrogens (tertiary/aromatic N) is 3. The summed E-state index contributed by atoms with van der Waals surface area (Å²) in [6.45, 7) is 4.12. The van der Waals surface area contributed by atoms with Crippen molar-refractivity contribution in [3.8, 4) is 0 Å². The lowest BCUT2D eigenvalue weighted by molar-refractivity contribution is -0.149. The predicted molar refractivity (Wildman–Crippen MR) is 114 cm³/mol. The summed E-state index contributed by atoms with van der Waals surface area (Å²) in [5.74, 6) is 0.270. The standard InChI is InChI=1S/C22H33N3O3S/c1-23-20-11-16-24(13-7-10-19-8-3-2-4-9-19)18-22(20,12-17-29(23,27)28)21(26)25-14-5-6-15-25/h2-4,8-9,20H,5-7,10-18H2,1H3/t20-,22+/m1/s1. The number of fused-ring (bicyclic) bond motifs is 1. The monoisotopic (exact) mass is 419 g/mol. The number of benzene rings is 1. The molecule has 3 saturated heterocycles. The van der Waals surface area contributed by atoms with Gasteiger partial charge in [-0.1, -0.05) is 30.3 Å². The highest BCUT2D eigenvalue weighted by Crippen LogP contribution is 2.43. The van der Waals surface area contributed by atoms with Crippen molar-refractivity contribution in [3.05, 3.63) is 35.9 Å². The lowest BCUT2D eigenvalue weighted by atomic mass is 9.71. The van der Waals surface area contributed by atoms with Crippen LogP contribution in [0.25, 0.3) is 0 Å². The lowest BCUT2D eigenvalue weighted by Crippen LogP contribution is -2.67. The molecule has 0 saturated carbocycles. The fourth-order valence-electron chi connectivity index (χ4n) is 5.48. The van der Waals surface area contributed by atoms with Gasteiger partial charge in [0, 0.05) is 32.7 Å². The largest absolute Gasteiger partial charge is 0.342 e. The van der Waals surface area contributed by atoms with E-state index in [1.165, 1.54) is 9.87 Å². The summed E-state index contributed by atoms with van der Waals surface area (Å²) in [7, 11) is -1.58. The number of carbonyl (C=O) groups is 1. The van der Waals surface area contributed by atoms with E-state index in [2.05, 4.69) is 29.2 Å². The molecule has 29 heavy (non-hydrogen) atoms. The topological polar surface area (TPSA) is 60.9 Å². The number of hydrogen-bond acceptors (Lipinski definition) is 4. The Hall–Kier alpha value is -1.44. The van der Waals surface area contributed by atoms with Crippen LogP contribution in [0.5, 0.6) is 0 Å². The molecule has 4 rings (SSSR count). The number of sulfonamides is 1. The van der Waals surface area contributed by atoms with Crippen LogP contribution in [-0.2, 0) is 21.2 Å². The van der Waals surface area contributed by atoms with Crippen molar-refractivity contribution >= 4 is 15.9 Å². The molecule has 0 aromatic heterocycles. The van der Waals surface area contributed by atoms with Gasteiger partial charge < -0.3 is 9.80 Å². The Labute approximate surface area is 174 Å². The zero-order chi connectivity index (χ0) is 20.5. The van der Waals surface area contributed by atoms with Crippen LogP contribution in [0.1, 0.15) is 37.7 Å². The molecule has 3 aliphatic heterocycles. The SMILES string of the molecule is CN1[C@@H]2CCN(CCCc3ccccc3)C[C@@]2(C(=O)N2CCCC2)CCS1(=O)=O. The number of rotatable bonds is 5. The molecule has 3 fully saturated rings. The average molecular weight is 420 g/mol. The van der Waals surface area contributed by atoms with Crippen molar-refractivity contribution < 1.29 is 13.2 Å². The van der Waals surface area contributed by atoms with Crippen molar-refractivity contribution in [2.45, 2.75) is 44.6 Å². The third kappa shape index (κ3) is 4.09. The fourth-order valence-corrected chi connectivity index (χ4v) is 7.09. The minimum atomic E-state index is -3.25. The van der Waals surface area contributed by atoms with E-state index in [9.17, 15) is 13.2 Å². The zero-order valence-electron chi connectivity index (χ0n) is 17.4. The van der Waals surface area contributed by atoms with Crippen molar-refractivity contribution in [2.24, 2.45) is 5.41 Å². The van der Waals surface area contributed by atoms with E-state index in [1.807, 2.05) is 11.0 Å². The van der Waals surface area contributed by atoms with Crippen LogP contribution in [0.2, 0.25) is 0 Å². The molecule has 0 aliphatic carbocycles. The molecule has 7 heteroatoms. The highest BCUT2D eigenvalue weighted by Gasteiger charge is 2.57. The molecule has 1 aromatic carbocycles. The third-order valence-corrected chi connectivity index (χ3v) is 9.00. The Morgan fingerprint density at radius 2 is 1.86 bits per heavy atom.